The number of carboxylic acid groups (broad SMARTS) is 1. The molecule has 18 heavy (non-hydrogen) atoms. The summed E-state index contributed by atoms with van der Waals surface area (Å²) in [6.07, 6.45) is 1.76. The Bertz CT molecular complexity index is 443. The van der Waals surface area contributed by atoms with Crippen molar-refractivity contribution in [1.29, 1.82) is 0 Å². The summed E-state index contributed by atoms with van der Waals surface area (Å²) in [7, 11) is 1.77. The molecule has 8 heteroatoms. The van der Waals surface area contributed by atoms with Gasteiger partial charge in [0.05, 0.1) is 12.3 Å². The molecule has 100 valence electrons. The van der Waals surface area contributed by atoms with Gasteiger partial charge < -0.3 is 20.8 Å². The molecular weight excluding hydrogens is 240 g/mol. The highest BCUT2D eigenvalue weighted by atomic mass is 16.4. The molecule has 0 aliphatic heterocycles. The molecule has 1 heterocycles. The average Bonchev–Trinajstić information content (AvgIpc) is 2.61. The van der Waals surface area contributed by atoms with Gasteiger partial charge >= 0.3 is 12.0 Å². The third-order valence-corrected chi connectivity index (χ3v) is 2.34. The molecule has 1 aromatic heterocycles. The molecule has 0 bridgehead atoms. The molecule has 0 aliphatic carbocycles. The molecule has 4 N–H and O–H groups in total. The SMILES string of the molecule is Cc1nn(C)cc1CNC(=O)N[C@H](CO)C(=O)O. The Balaban J connectivity index is 2.46. The van der Waals surface area contributed by atoms with E-state index in [9.17, 15) is 9.59 Å². The van der Waals surface area contributed by atoms with E-state index in [4.69, 9.17) is 10.2 Å². The average molecular weight is 256 g/mol. The van der Waals surface area contributed by atoms with E-state index in [1.807, 2.05) is 6.92 Å². The highest BCUT2D eigenvalue weighted by Crippen LogP contribution is 2.03. The first-order valence-corrected chi connectivity index (χ1v) is 5.31. The number of nitrogens with one attached hydrogen (secondary N) is 2. The Morgan fingerprint density at radius 3 is 2.67 bits per heavy atom. The van der Waals surface area contributed by atoms with Gasteiger partial charge in [-0.05, 0) is 6.92 Å². The fourth-order valence-electron chi connectivity index (χ4n) is 1.39. The van der Waals surface area contributed by atoms with Crippen LogP contribution in [0.15, 0.2) is 6.20 Å². The topological polar surface area (TPSA) is 116 Å². The maximum Gasteiger partial charge on any atom is 0.328 e. The third kappa shape index (κ3) is 3.74. The number of amides is 2. The number of carboxylic acids is 1. The van der Waals surface area contributed by atoms with Gasteiger partial charge in [0.25, 0.3) is 0 Å². The highest BCUT2D eigenvalue weighted by molar-refractivity contribution is 5.82. The van der Waals surface area contributed by atoms with Crippen molar-refractivity contribution in [2.24, 2.45) is 7.05 Å². The fraction of sp³-hybridized carbons (Fsp3) is 0.500. The van der Waals surface area contributed by atoms with Gasteiger partial charge in [-0.2, -0.15) is 5.10 Å². The number of aliphatic hydroxyl groups is 1. The highest BCUT2D eigenvalue weighted by Gasteiger charge is 2.18. The molecule has 8 nitrogen and oxygen atoms in total. The van der Waals surface area contributed by atoms with E-state index in [1.165, 1.54) is 0 Å². The Labute approximate surface area is 104 Å². The van der Waals surface area contributed by atoms with Crippen LogP contribution >= 0.6 is 0 Å². The van der Waals surface area contributed by atoms with Gasteiger partial charge in [-0.1, -0.05) is 0 Å². The number of rotatable bonds is 5. The van der Waals surface area contributed by atoms with Crippen molar-refractivity contribution in [2.45, 2.75) is 19.5 Å². The number of carbonyl (C=O) groups excluding carboxylic acids is 1. The lowest BCUT2D eigenvalue weighted by molar-refractivity contribution is -0.140. The second-order valence-electron chi connectivity index (χ2n) is 3.81. The molecule has 1 atom stereocenters. The molecule has 1 aromatic rings. The van der Waals surface area contributed by atoms with E-state index in [0.29, 0.717) is 0 Å². The summed E-state index contributed by atoms with van der Waals surface area (Å²) in [5.41, 5.74) is 1.62. The number of hydrogen-bond donors (Lipinski definition) is 4. The molecular formula is C10H16N4O4. The van der Waals surface area contributed by atoms with Gasteiger partial charge in [0.2, 0.25) is 0 Å². The van der Waals surface area contributed by atoms with Crippen LogP contribution in [0, 0.1) is 6.92 Å². The molecule has 0 unspecified atom stereocenters. The Kier molecular flexibility index (Phi) is 4.67. The standard InChI is InChI=1S/C10H16N4O4/c1-6-7(4-14(2)13-6)3-11-10(18)12-8(5-15)9(16)17/h4,8,15H,3,5H2,1-2H3,(H,16,17)(H2,11,12,18)/t8-/m1/s1. The van der Waals surface area contributed by atoms with Crippen molar-refractivity contribution < 1.29 is 19.8 Å². The first-order chi connectivity index (χ1) is 8.43. The number of aliphatic carboxylic acids is 1. The first-order valence-electron chi connectivity index (χ1n) is 5.31. The van der Waals surface area contributed by atoms with Crippen LogP contribution in [0.3, 0.4) is 0 Å². The summed E-state index contributed by atoms with van der Waals surface area (Å²) in [5, 5.41) is 26.1. The molecule has 0 aliphatic rings. The van der Waals surface area contributed by atoms with Crippen LogP contribution in [0.2, 0.25) is 0 Å². The zero-order valence-electron chi connectivity index (χ0n) is 10.2. The zero-order chi connectivity index (χ0) is 13.7. The number of carbonyl (C=O) groups is 2. The van der Waals surface area contributed by atoms with Crippen LogP contribution in [0.25, 0.3) is 0 Å². The molecule has 0 spiro atoms. The first kappa shape index (κ1) is 14.0. The summed E-state index contributed by atoms with van der Waals surface area (Å²) < 4.78 is 1.62. The molecule has 1 rings (SSSR count). The summed E-state index contributed by atoms with van der Waals surface area (Å²) in [5.74, 6) is -1.29. The Morgan fingerprint density at radius 2 is 2.22 bits per heavy atom. The van der Waals surface area contributed by atoms with Crippen molar-refractivity contribution in [3.63, 3.8) is 0 Å². The summed E-state index contributed by atoms with van der Waals surface area (Å²) >= 11 is 0. The van der Waals surface area contributed by atoms with E-state index in [0.717, 1.165) is 11.3 Å². The van der Waals surface area contributed by atoms with Crippen LogP contribution < -0.4 is 10.6 Å². The summed E-state index contributed by atoms with van der Waals surface area (Å²) in [6.45, 7) is 1.39. The normalized spacial score (nSPS) is 11.9. The summed E-state index contributed by atoms with van der Waals surface area (Å²) in [4.78, 5) is 22.0. The maximum absolute atomic E-state index is 11.4. The second kappa shape index (κ2) is 6.01. The van der Waals surface area contributed by atoms with Crippen molar-refractivity contribution >= 4 is 12.0 Å². The van der Waals surface area contributed by atoms with Gasteiger partial charge in [-0.25, -0.2) is 9.59 Å². The van der Waals surface area contributed by atoms with Gasteiger partial charge in [-0.3, -0.25) is 4.68 Å². The lowest BCUT2D eigenvalue weighted by Crippen LogP contribution is -2.47. The van der Waals surface area contributed by atoms with Crippen LogP contribution in [0.1, 0.15) is 11.3 Å². The molecule has 0 fully saturated rings. The van der Waals surface area contributed by atoms with Crippen molar-refractivity contribution in [2.75, 3.05) is 6.61 Å². The van der Waals surface area contributed by atoms with E-state index in [-0.39, 0.29) is 6.54 Å². The number of aromatic nitrogens is 2. The van der Waals surface area contributed by atoms with Gasteiger partial charge in [-0.15, -0.1) is 0 Å². The Morgan fingerprint density at radius 1 is 1.56 bits per heavy atom. The van der Waals surface area contributed by atoms with Crippen molar-refractivity contribution in [1.82, 2.24) is 20.4 Å². The van der Waals surface area contributed by atoms with Gasteiger partial charge in [0, 0.05) is 25.4 Å². The number of aryl methyl sites for hydroxylation is 2. The van der Waals surface area contributed by atoms with E-state index >= 15 is 0 Å². The van der Waals surface area contributed by atoms with Gasteiger partial charge in [0.15, 0.2) is 6.04 Å². The molecule has 0 saturated heterocycles. The summed E-state index contributed by atoms with van der Waals surface area (Å²) in [6, 6.07) is -1.96. The third-order valence-electron chi connectivity index (χ3n) is 2.34. The van der Waals surface area contributed by atoms with Crippen LogP contribution in [-0.2, 0) is 18.4 Å². The van der Waals surface area contributed by atoms with Gasteiger partial charge in [0.1, 0.15) is 0 Å². The van der Waals surface area contributed by atoms with E-state index < -0.39 is 24.6 Å². The van der Waals surface area contributed by atoms with Crippen LogP contribution in [0.5, 0.6) is 0 Å². The number of urea groups is 1. The quantitative estimate of drug-likeness (QED) is 0.537. The monoisotopic (exact) mass is 256 g/mol. The fourth-order valence-corrected chi connectivity index (χ4v) is 1.39. The second-order valence-corrected chi connectivity index (χ2v) is 3.81. The molecule has 0 radical (unpaired) electrons. The zero-order valence-corrected chi connectivity index (χ0v) is 10.2. The van der Waals surface area contributed by atoms with Crippen molar-refractivity contribution in [3.8, 4) is 0 Å². The van der Waals surface area contributed by atoms with Crippen LogP contribution in [0.4, 0.5) is 4.79 Å². The minimum atomic E-state index is -1.31. The maximum atomic E-state index is 11.4. The van der Waals surface area contributed by atoms with Crippen LogP contribution in [-0.4, -0.2) is 44.6 Å². The molecule has 0 aromatic carbocycles. The van der Waals surface area contributed by atoms with E-state index in [1.54, 1.807) is 17.9 Å². The largest absolute Gasteiger partial charge is 0.480 e. The number of aliphatic hydroxyl groups excluding tert-OH is 1. The number of nitrogens with zero attached hydrogens (tertiary/aromatic N) is 2. The lowest BCUT2D eigenvalue weighted by atomic mass is 10.2. The smallest absolute Gasteiger partial charge is 0.328 e. The van der Waals surface area contributed by atoms with E-state index in [2.05, 4.69) is 15.7 Å². The Hall–Kier alpha value is -2.09. The minimum Gasteiger partial charge on any atom is -0.480 e. The number of hydrogen-bond acceptors (Lipinski definition) is 4. The lowest BCUT2D eigenvalue weighted by Gasteiger charge is -2.12. The predicted molar refractivity (Wildman–Crippen MR) is 61.8 cm³/mol. The van der Waals surface area contributed by atoms with Crippen molar-refractivity contribution in [3.05, 3.63) is 17.5 Å². The predicted octanol–water partition coefficient (Wildman–Crippen LogP) is -1.03. The molecule has 0 saturated carbocycles. The minimum absolute atomic E-state index is 0.239. The molecule has 2 amide bonds.